The normalized spacial score (nSPS) is 26.0. The van der Waals surface area contributed by atoms with Crippen LogP contribution in [0.1, 0.15) is 13.8 Å². The first-order valence-electron chi connectivity index (χ1n) is 3.20. The van der Waals surface area contributed by atoms with Crippen LogP contribution in [-0.4, -0.2) is 19.3 Å². The number of hydrogen-bond acceptors (Lipinski definition) is 2. The van der Waals surface area contributed by atoms with Crippen molar-refractivity contribution in [2.75, 3.05) is 13.2 Å². The van der Waals surface area contributed by atoms with Gasteiger partial charge in [0.1, 0.15) is 12.7 Å². The molecule has 1 saturated heterocycles. The molecule has 1 atom stereocenters. The van der Waals surface area contributed by atoms with Gasteiger partial charge in [0.15, 0.2) is 0 Å². The molecule has 52 valence electrons. The van der Waals surface area contributed by atoms with Crippen LogP contribution in [0.4, 0.5) is 0 Å². The van der Waals surface area contributed by atoms with Crippen LogP contribution >= 0.6 is 0 Å². The Morgan fingerprint density at radius 2 is 2.56 bits per heavy atom. The Morgan fingerprint density at radius 1 is 1.89 bits per heavy atom. The lowest BCUT2D eigenvalue weighted by molar-refractivity contribution is 0.184. The molecule has 0 aromatic rings. The molecule has 2 heteroatoms. The minimum absolute atomic E-state index is 0.375. The average Bonchev–Trinajstić information content (AvgIpc) is 2.65. The maximum Gasteiger partial charge on any atom is 0.116 e. The molecule has 1 unspecified atom stereocenters. The number of rotatable bonds is 3. The lowest BCUT2D eigenvalue weighted by Gasteiger charge is -2.00. The molecule has 0 aromatic carbocycles. The summed E-state index contributed by atoms with van der Waals surface area (Å²) in [4.78, 5) is 0. The van der Waals surface area contributed by atoms with E-state index >= 15 is 0 Å². The first-order chi connectivity index (χ1) is 4.33. The first kappa shape index (κ1) is 6.62. The zero-order valence-corrected chi connectivity index (χ0v) is 5.89. The van der Waals surface area contributed by atoms with Crippen molar-refractivity contribution in [2.24, 2.45) is 0 Å². The molecule has 0 radical (unpaired) electrons. The Kier molecular flexibility index (Phi) is 2.11. The van der Waals surface area contributed by atoms with Crippen LogP contribution in [0.15, 0.2) is 11.8 Å². The summed E-state index contributed by atoms with van der Waals surface area (Å²) < 4.78 is 10.2. The van der Waals surface area contributed by atoms with Crippen molar-refractivity contribution in [3.05, 3.63) is 11.8 Å². The lowest BCUT2D eigenvalue weighted by Crippen LogP contribution is -1.98. The highest BCUT2D eigenvalue weighted by atomic mass is 16.6. The van der Waals surface area contributed by atoms with E-state index in [1.165, 1.54) is 0 Å². The van der Waals surface area contributed by atoms with E-state index in [-0.39, 0.29) is 0 Å². The third-order valence-corrected chi connectivity index (χ3v) is 1.31. The summed E-state index contributed by atoms with van der Waals surface area (Å²) in [5, 5.41) is 0. The minimum Gasteiger partial charge on any atom is -0.496 e. The van der Waals surface area contributed by atoms with Crippen molar-refractivity contribution in [3.63, 3.8) is 0 Å². The van der Waals surface area contributed by atoms with Gasteiger partial charge in [0.2, 0.25) is 0 Å². The third-order valence-electron chi connectivity index (χ3n) is 1.31. The summed E-state index contributed by atoms with van der Waals surface area (Å²) in [6.07, 6.45) is 2.32. The molecule has 0 amide bonds. The van der Waals surface area contributed by atoms with Crippen molar-refractivity contribution in [3.8, 4) is 0 Å². The van der Waals surface area contributed by atoms with Crippen molar-refractivity contribution < 1.29 is 9.47 Å². The molecule has 1 aliphatic heterocycles. The number of ether oxygens (including phenoxy) is 2. The van der Waals surface area contributed by atoms with Crippen LogP contribution < -0.4 is 0 Å². The highest BCUT2D eigenvalue weighted by Gasteiger charge is 2.22. The summed E-state index contributed by atoms with van der Waals surface area (Å²) in [7, 11) is 0. The summed E-state index contributed by atoms with van der Waals surface area (Å²) in [6, 6.07) is 0. The average molecular weight is 128 g/mol. The Morgan fingerprint density at radius 3 is 3.00 bits per heavy atom. The molecule has 9 heavy (non-hydrogen) atoms. The standard InChI is InChI=1S/C7H12O2/c1-3-6(2)8-4-7-5-9-7/h3,7H,4-5H2,1-2H3/b6-3+. The van der Waals surface area contributed by atoms with Crippen molar-refractivity contribution in [1.82, 2.24) is 0 Å². The molecule has 0 aromatic heterocycles. The SMILES string of the molecule is C/C=C(\C)OCC1CO1. The van der Waals surface area contributed by atoms with Gasteiger partial charge < -0.3 is 9.47 Å². The van der Waals surface area contributed by atoms with E-state index in [1.807, 2.05) is 19.9 Å². The van der Waals surface area contributed by atoms with Crippen LogP contribution in [0, 0.1) is 0 Å². The Hall–Kier alpha value is -0.500. The highest BCUT2D eigenvalue weighted by Crippen LogP contribution is 2.10. The van der Waals surface area contributed by atoms with E-state index in [0.717, 1.165) is 19.0 Å². The monoisotopic (exact) mass is 128 g/mol. The fourth-order valence-electron chi connectivity index (χ4n) is 0.472. The van der Waals surface area contributed by atoms with Gasteiger partial charge in [-0.1, -0.05) is 6.08 Å². The van der Waals surface area contributed by atoms with Crippen LogP contribution in [0.2, 0.25) is 0 Å². The van der Waals surface area contributed by atoms with Gasteiger partial charge in [-0.2, -0.15) is 0 Å². The predicted molar refractivity (Wildman–Crippen MR) is 35.1 cm³/mol. The van der Waals surface area contributed by atoms with Crippen LogP contribution in [0.5, 0.6) is 0 Å². The van der Waals surface area contributed by atoms with Crippen molar-refractivity contribution in [2.45, 2.75) is 20.0 Å². The van der Waals surface area contributed by atoms with E-state index in [9.17, 15) is 0 Å². The molecular formula is C7H12O2. The molecule has 0 aliphatic carbocycles. The zero-order valence-electron chi connectivity index (χ0n) is 5.89. The molecule has 1 aliphatic rings. The Labute approximate surface area is 55.5 Å². The maximum absolute atomic E-state index is 5.25. The van der Waals surface area contributed by atoms with Gasteiger partial charge in [0, 0.05) is 0 Å². The fourth-order valence-corrected chi connectivity index (χ4v) is 0.472. The van der Waals surface area contributed by atoms with Crippen LogP contribution in [0.25, 0.3) is 0 Å². The second kappa shape index (κ2) is 2.87. The molecule has 0 saturated carbocycles. The highest BCUT2D eigenvalue weighted by molar-refractivity contribution is 4.85. The van der Waals surface area contributed by atoms with E-state index in [4.69, 9.17) is 9.47 Å². The number of hydrogen-bond donors (Lipinski definition) is 0. The van der Waals surface area contributed by atoms with Crippen LogP contribution in [0.3, 0.4) is 0 Å². The fraction of sp³-hybridized carbons (Fsp3) is 0.714. The number of allylic oxidation sites excluding steroid dienone is 2. The maximum atomic E-state index is 5.25. The summed E-state index contributed by atoms with van der Waals surface area (Å²) in [5.74, 6) is 0.977. The van der Waals surface area contributed by atoms with Gasteiger partial charge in [0.05, 0.1) is 12.4 Å². The summed E-state index contributed by atoms with van der Waals surface area (Å²) in [6.45, 7) is 5.50. The first-order valence-corrected chi connectivity index (χ1v) is 3.20. The van der Waals surface area contributed by atoms with Gasteiger partial charge in [0.25, 0.3) is 0 Å². The van der Waals surface area contributed by atoms with Gasteiger partial charge >= 0.3 is 0 Å². The molecule has 0 bridgehead atoms. The van der Waals surface area contributed by atoms with E-state index in [0.29, 0.717) is 6.10 Å². The quantitative estimate of drug-likeness (QED) is 0.422. The molecule has 2 nitrogen and oxygen atoms in total. The van der Waals surface area contributed by atoms with Crippen molar-refractivity contribution >= 4 is 0 Å². The lowest BCUT2D eigenvalue weighted by atomic mass is 10.5. The molecule has 1 rings (SSSR count). The molecule has 0 N–H and O–H groups in total. The second-order valence-corrected chi connectivity index (χ2v) is 2.17. The molecule has 0 spiro atoms. The second-order valence-electron chi connectivity index (χ2n) is 2.17. The van der Waals surface area contributed by atoms with Gasteiger partial charge in [-0.15, -0.1) is 0 Å². The predicted octanol–water partition coefficient (Wildman–Crippen LogP) is 1.33. The molecular weight excluding hydrogens is 116 g/mol. The smallest absolute Gasteiger partial charge is 0.116 e. The topological polar surface area (TPSA) is 21.8 Å². The zero-order chi connectivity index (χ0) is 6.69. The van der Waals surface area contributed by atoms with E-state index in [2.05, 4.69) is 0 Å². The summed E-state index contributed by atoms with van der Waals surface area (Å²) in [5.41, 5.74) is 0. The summed E-state index contributed by atoms with van der Waals surface area (Å²) >= 11 is 0. The number of epoxide rings is 1. The molecule has 1 heterocycles. The van der Waals surface area contributed by atoms with E-state index < -0.39 is 0 Å². The third kappa shape index (κ3) is 2.51. The van der Waals surface area contributed by atoms with Gasteiger partial charge in [-0.05, 0) is 13.8 Å². The van der Waals surface area contributed by atoms with Gasteiger partial charge in [-0.3, -0.25) is 0 Å². The van der Waals surface area contributed by atoms with E-state index in [1.54, 1.807) is 0 Å². The Balaban J connectivity index is 2.03. The molecule has 1 fully saturated rings. The van der Waals surface area contributed by atoms with Crippen molar-refractivity contribution in [1.29, 1.82) is 0 Å². The Bertz CT molecular complexity index is 114. The largest absolute Gasteiger partial charge is 0.496 e. The minimum atomic E-state index is 0.375. The van der Waals surface area contributed by atoms with Crippen LogP contribution in [-0.2, 0) is 9.47 Å². The van der Waals surface area contributed by atoms with Gasteiger partial charge in [-0.25, -0.2) is 0 Å².